The van der Waals surface area contributed by atoms with Gasteiger partial charge in [-0.05, 0) is 18.9 Å². The zero-order valence-electron chi connectivity index (χ0n) is 7.50. The molecule has 0 bridgehead atoms. The smallest absolute Gasteiger partial charge is 0.208 e. The molecule has 0 amide bonds. The molecule has 0 aromatic heterocycles. The Hall–Kier alpha value is -0.130. The van der Waals surface area contributed by atoms with Crippen molar-refractivity contribution in [3.05, 3.63) is 0 Å². The van der Waals surface area contributed by atoms with Crippen molar-refractivity contribution in [3.63, 3.8) is 0 Å². The summed E-state index contributed by atoms with van der Waals surface area (Å²) in [7, 11) is -3.02. The third kappa shape index (κ3) is 3.51. The van der Waals surface area contributed by atoms with Crippen molar-refractivity contribution in [3.8, 4) is 0 Å². The Morgan fingerprint density at radius 2 is 2.25 bits per heavy atom. The lowest BCUT2D eigenvalue weighted by molar-refractivity contribution is 0.548. The molecule has 1 aliphatic rings. The van der Waals surface area contributed by atoms with Crippen molar-refractivity contribution >= 4 is 10.0 Å². The van der Waals surface area contributed by atoms with Crippen molar-refractivity contribution < 1.29 is 8.42 Å². The summed E-state index contributed by atoms with van der Waals surface area (Å²) in [5, 5.41) is 3.25. The van der Waals surface area contributed by atoms with Crippen LogP contribution < -0.4 is 10.0 Å². The Balaban J connectivity index is 2.25. The van der Waals surface area contributed by atoms with Crippen molar-refractivity contribution in [1.29, 1.82) is 0 Å². The molecule has 1 fully saturated rings. The average Bonchev–Trinajstić information content (AvgIpc) is 2.30. The SMILES string of the molecule is C[C@@H]1CN[C@H](CNS(C)(=O)=O)C1. The first-order valence-electron chi connectivity index (χ1n) is 4.15. The van der Waals surface area contributed by atoms with E-state index in [0.29, 0.717) is 18.5 Å². The topological polar surface area (TPSA) is 58.2 Å². The van der Waals surface area contributed by atoms with Crippen molar-refractivity contribution in [2.75, 3.05) is 19.3 Å². The molecule has 5 heteroatoms. The maximum Gasteiger partial charge on any atom is 0.208 e. The fourth-order valence-electron chi connectivity index (χ4n) is 1.43. The largest absolute Gasteiger partial charge is 0.312 e. The zero-order chi connectivity index (χ0) is 9.19. The highest BCUT2D eigenvalue weighted by Gasteiger charge is 2.20. The second-order valence-corrected chi connectivity index (χ2v) is 5.40. The Kier molecular flexibility index (Phi) is 3.09. The first kappa shape index (κ1) is 9.95. The number of hydrogen-bond acceptors (Lipinski definition) is 3. The van der Waals surface area contributed by atoms with Gasteiger partial charge in [0, 0.05) is 12.6 Å². The maximum atomic E-state index is 10.7. The van der Waals surface area contributed by atoms with Crippen LogP contribution in [0.3, 0.4) is 0 Å². The van der Waals surface area contributed by atoms with E-state index >= 15 is 0 Å². The van der Waals surface area contributed by atoms with E-state index in [-0.39, 0.29) is 0 Å². The van der Waals surface area contributed by atoms with Crippen molar-refractivity contribution in [2.24, 2.45) is 5.92 Å². The van der Waals surface area contributed by atoms with Crippen LogP contribution in [0, 0.1) is 5.92 Å². The minimum Gasteiger partial charge on any atom is -0.312 e. The van der Waals surface area contributed by atoms with Crippen LogP contribution in [0.2, 0.25) is 0 Å². The van der Waals surface area contributed by atoms with Gasteiger partial charge in [0.2, 0.25) is 10.0 Å². The predicted octanol–water partition coefficient (Wildman–Crippen LogP) is -0.466. The van der Waals surface area contributed by atoms with E-state index in [1.54, 1.807) is 0 Å². The summed E-state index contributed by atoms with van der Waals surface area (Å²) in [6.45, 7) is 3.67. The summed E-state index contributed by atoms with van der Waals surface area (Å²) in [6, 6.07) is 0.315. The number of sulfonamides is 1. The summed E-state index contributed by atoms with van der Waals surface area (Å²) in [5.74, 6) is 0.663. The molecular formula is C7H16N2O2S. The van der Waals surface area contributed by atoms with Gasteiger partial charge in [0.15, 0.2) is 0 Å². The molecule has 0 aromatic rings. The summed E-state index contributed by atoms with van der Waals surface area (Å²) >= 11 is 0. The fourth-order valence-corrected chi connectivity index (χ4v) is 1.93. The Morgan fingerprint density at radius 1 is 1.58 bits per heavy atom. The molecule has 4 nitrogen and oxygen atoms in total. The standard InChI is InChI=1S/C7H16N2O2S/c1-6-3-7(8-4-6)5-9-12(2,10)11/h6-9H,3-5H2,1-2H3/t6-,7-/m0/s1. The van der Waals surface area contributed by atoms with Crippen molar-refractivity contribution in [1.82, 2.24) is 10.0 Å². The molecule has 1 heterocycles. The molecule has 0 unspecified atom stereocenters. The lowest BCUT2D eigenvalue weighted by Crippen LogP contribution is -2.36. The van der Waals surface area contributed by atoms with Gasteiger partial charge in [0.05, 0.1) is 6.26 Å². The molecule has 72 valence electrons. The van der Waals surface area contributed by atoms with E-state index in [1.165, 1.54) is 6.26 Å². The molecule has 0 saturated carbocycles. The molecule has 2 atom stereocenters. The summed E-state index contributed by atoms with van der Waals surface area (Å²) in [6.07, 6.45) is 2.24. The van der Waals surface area contributed by atoms with E-state index in [2.05, 4.69) is 17.0 Å². The van der Waals surface area contributed by atoms with E-state index in [4.69, 9.17) is 0 Å². The molecule has 0 aliphatic carbocycles. The van der Waals surface area contributed by atoms with Gasteiger partial charge in [-0.2, -0.15) is 0 Å². The summed E-state index contributed by atoms with van der Waals surface area (Å²) < 4.78 is 24.0. The number of hydrogen-bond donors (Lipinski definition) is 2. The van der Waals surface area contributed by atoms with Crippen LogP contribution in [0.15, 0.2) is 0 Å². The Morgan fingerprint density at radius 3 is 2.67 bits per heavy atom. The first-order valence-corrected chi connectivity index (χ1v) is 6.04. The van der Waals surface area contributed by atoms with E-state index in [0.717, 1.165) is 13.0 Å². The summed E-state index contributed by atoms with van der Waals surface area (Å²) in [4.78, 5) is 0. The second kappa shape index (κ2) is 3.72. The predicted molar refractivity (Wildman–Crippen MR) is 48.4 cm³/mol. The molecule has 1 rings (SSSR count). The van der Waals surface area contributed by atoms with Crippen molar-refractivity contribution in [2.45, 2.75) is 19.4 Å². The lowest BCUT2D eigenvalue weighted by Gasteiger charge is -2.09. The number of nitrogens with one attached hydrogen (secondary N) is 2. The Bertz CT molecular complexity index is 238. The monoisotopic (exact) mass is 192 g/mol. The first-order chi connectivity index (χ1) is 5.47. The van der Waals surface area contributed by atoms with Gasteiger partial charge in [0.25, 0.3) is 0 Å². The van der Waals surface area contributed by atoms with Crippen LogP contribution in [0.4, 0.5) is 0 Å². The molecule has 0 spiro atoms. The minimum atomic E-state index is -3.02. The molecule has 2 N–H and O–H groups in total. The molecule has 1 saturated heterocycles. The van der Waals surface area contributed by atoms with Gasteiger partial charge in [-0.25, -0.2) is 13.1 Å². The normalized spacial score (nSPS) is 30.8. The van der Waals surface area contributed by atoms with Gasteiger partial charge in [-0.3, -0.25) is 0 Å². The van der Waals surface area contributed by atoms with Gasteiger partial charge < -0.3 is 5.32 Å². The van der Waals surface area contributed by atoms with Crippen LogP contribution in [0.5, 0.6) is 0 Å². The quantitative estimate of drug-likeness (QED) is 0.636. The molecule has 0 aromatic carbocycles. The van der Waals surface area contributed by atoms with E-state index < -0.39 is 10.0 Å². The van der Waals surface area contributed by atoms with E-state index in [1.807, 2.05) is 0 Å². The van der Waals surface area contributed by atoms with Crippen LogP contribution >= 0.6 is 0 Å². The van der Waals surface area contributed by atoms with Gasteiger partial charge in [-0.1, -0.05) is 6.92 Å². The third-order valence-corrected chi connectivity index (χ3v) is 2.72. The minimum absolute atomic E-state index is 0.315. The highest BCUT2D eigenvalue weighted by Crippen LogP contribution is 2.11. The highest BCUT2D eigenvalue weighted by atomic mass is 32.2. The van der Waals surface area contributed by atoms with Crippen LogP contribution in [0.25, 0.3) is 0 Å². The lowest BCUT2D eigenvalue weighted by atomic mass is 10.1. The summed E-state index contributed by atoms with van der Waals surface area (Å²) in [5.41, 5.74) is 0. The van der Waals surface area contributed by atoms with E-state index in [9.17, 15) is 8.42 Å². The van der Waals surface area contributed by atoms with Gasteiger partial charge in [-0.15, -0.1) is 0 Å². The number of rotatable bonds is 3. The highest BCUT2D eigenvalue weighted by molar-refractivity contribution is 7.88. The average molecular weight is 192 g/mol. The van der Waals surface area contributed by atoms with Gasteiger partial charge >= 0.3 is 0 Å². The molecule has 12 heavy (non-hydrogen) atoms. The van der Waals surface area contributed by atoms with Crippen LogP contribution in [0.1, 0.15) is 13.3 Å². The fraction of sp³-hybridized carbons (Fsp3) is 1.00. The van der Waals surface area contributed by atoms with Crippen LogP contribution in [-0.4, -0.2) is 33.8 Å². The van der Waals surface area contributed by atoms with Crippen LogP contribution in [-0.2, 0) is 10.0 Å². The van der Waals surface area contributed by atoms with Gasteiger partial charge in [0.1, 0.15) is 0 Å². The second-order valence-electron chi connectivity index (χ2n) is 3.57. The maximum absolute atomic E-state index is 10.7. The molecular weight excluding hydrogens is 176 g/mol. The zero-order valence-corrected chi connectivity index (χ0v) is 8.32. The molecule has 0 radical (unpaired) electrons. The molecule has 1 aliphatic heterocycles. The Labute approximate surface area is 73.8 Å². The third-order valence-electron chi connectivity index (χ3n) is 2.03.